The number of carbonyl (C=O) groups excluding carboxylic acids is 2. The lowest BCUT2D eigenvalue weighted by Crippen LogP contribution is -2.37. The van der Waals surface area contributed by atoms with E-state index in [1.165, 1.54) is 6.92 Å². The minimum absolute atomic E-state index is 0.0110. The van der Waals surface area contributed by atoms with Gasteiger partial charge in [-0.15, -0.1) is 0 Å². The minimum atomic E-state index is -0.0706. The molecule has 1 aromatic carbocycles. The molecular weight excluding hydrogens is 342 g/mol. The average molecular weight is 365 g/mol. The Morgan fingerprint density at radius 1 is 1.33 bits per heavy atom. The normalized spacial score (nSPS) is 14.8. The first-order valence-corrected chi connectivity index (χ1v) is 9.20. The molecule has 27 heavy (non-hydrogen) atoms. The van der Waals surface area contributed by atoms with Gasteiger partial charge in [-0.05, 0) is 25.0 Å². The first-order chi connectivity index (χ1) is 13.0. The van der Waals surface area contributed by atoms with E-state index < -0.39 is 0 Å². The number of para-hydroxylation sites is 1. The van der Waals surface area contributed by atoms with Crippen molar-refractivity contribution in [3.63, 3.8) is 0 Å². The van der Waals surface area contributed by atoms with Crippen LogP contribution in [0.15, 0.2) is 30.5 Å². The van der Waals surface area contributed by atoms with Gasteiger partial charge in [-0.3, -0.25) is 14.7 Å². The molecule has 3 aromatic rings. The Morgan fingerprint density at radius 2 is 2.15 bits per heavy atom. The van der Waals surface area contributed by atoms with Crippen LogP contribution in [0.25, 0.3) is 10.9 Å². The Morgan fingerprint density at radius 3 is 2.96 bits per heavy atom. The SMILES string of the molecule is CC(=O)N[C@H](C)Cc1c(C(=O)N2CCc3[nH]ncc3C2)[nH]c2ccccc12. The van der Waals surface area contributed by atoms with Crippen LogP contribution in [-0.2, 0) is 24.2 Å². The molecule has 0 saturated carbocycles. The number of carbonyl (C=O) groups is 2. The molecule has 7 nitrogen and oxygen atoms in total. The molecule has 0 unspecified atom stereocenters. The molecule has 1 aliphatic rings. The second-order valence-corrected chi connectivity index (χ2v) is 7.18. The molecule has 0 aliphatic carbocycles. The van der Waals surface area contributed by atoms with Crippen LogP contribution in [0, 0.1) is 0 Å². The van der Waals surface area contributed by atoms with Crippen molar-refractivity contribution in [3.05, 3.63) is 53.0 Å². The van der Waals surface area contributed by atoms with E-state index in [1.54, 1.807) is 6.20 Å². The van der Waals surface area contributed by atoms with Crippen molar-refractivity contribution >= 4 is 22.7 Å². The molecule has 1 atom stereocenters. The maximum Gasteiger partial charge on any atom is 0.270 e. The highest BCUT2D eigenvalue weighted by molar-refractivity contribution is 6.01. The highest BCUT2D eigenvalue weighted by Gasteiger charge is 2.27. The van der Waals surface area contributed by atoms with Crippen LogP contribution in [0.1, 0.15) is 41.2 Å². The van der Waals surface area contributed by atoms with Crippen molar-refractivity contribution in [2.24, 2.45) is 0 Å². The zero-order valence-corrected chi connectivity index (χ0v) is 15.5. The van der Waals surface area contributed by atoms with Gasteiger partial charge in [-0.25, -0.2) is 0 Å². The van der Waals surface area contributed by atoms with E-state index in [2.05, 4.69) is 20.5 Å². The van der Waals surface area contributed by atoms with E-state index in [0.29, 0.717) is 25.2 Å². The first kappa shape index (κ1) is 17.3. The van der Waals surface area contributed by atoms with Gasteiger partial charge in [-0.1, -0.05) is 18.2 Å². The summed E-state index contributed by atoms with van der Waals surface area (Å²) in [6.45, 7) is 4.68. The zero-order valence-electron chi connectivity index (χ0n) is 15.5. The monoisotopic (exact) mass is 365 g/mol. The molecule has 0 radical (unpaired) electrons. The maximum absolute atomic E-state index is 13.3. The summed E-state index contributed by atoms with van der Waals surface area (Å²) in [7, 11) is 0. The lowest BCUT2D eigenvalue weighted by Gasteiger charge is -2.26. The largest absolute Gasteiger partial charge is 0.354 e. The summed E-state index contributed by atoms with van der Waals surface area (Å²) in [6, 6.07) is 7.85. The number of H-pyrrole nitrogens is 2. The van der Waals surface area contributed by atoms with Gasteiger partial charge in [0.05, 0.1) is 6.20 Å². The van der Waals surface area contributed by atoms with E-state index in [-0.39, 0.29) is 17.9 Å². The number of nitrogens with zero attached hydrogens (tertiary/aromatic N) is 2. The van der Waals surface area contributed by atoms with Gasteiger partial charge in [0.25, 0.3) is 5.91 Å². The number of aromatic nitrogens is 3. The van der Waals surface area contributed by atoms with Crippen molar-refractivity contribution in [2.75, 3.05) is 6.54 Å². The predicted molar refractivity (Wildman–Crippen MR) is 102 cm³/mol. The molecule has 0 spiro atoms. The number of aromatic amines is 2. The highest BCUT2D eigenvalue weighted by atomic mass is 16.2. The minimum Gasteiger partial charge on any atom is -0.354 e. The Balaban J connectivity index is 1.67. The zero-order chi connectivity index (χ0) is 19.0. The summed E-state index contributed by atoms with van der Waals surface area (Å²) in [6.07, 6.45) is 3.16. The average Bonchev–Trinajstić information content (AvgIpc) is 3.24. The lowest BCUT2D eigenvalue weighted by molar-refractivity contribution is -0.119. The molecule has 0 fully saturated rings. The fraction of sp³-hybridized carbons (Fsp3) is 0.350. The van der Waals surface area contributed by atoms with Gasteiger partial charge in [-0.2, -0.15) is 5.10 Å². The molecule has 7 heteroatoms. The number of hydrogen-bond acceptors (Lipinski definition) is 3. The van der Waals surface area contributed by atoms with E-state index in [4.69, 9.17) is 0 Å². The van der Waals surface area contributed by atoms with Gasteiger partial charge >= 0.3 is 0 Å². The van der Waals surface area contributed by atoms with Crippen LogP contribution < -0.4 is 5.32 Å². The third-order valence-electron chi connectivity index (χ3n) is 5.08. The second-order valence-electron chi connectivity index (χ2n) is 7.18. The van der Waals surface area contributed by atoms with E-state index in [1.807, 2.05) is 36.1 Å². The van der Waals surface area contributed by atoms with Gasteiger partial charge in [0.15, 0.2) is 0 Å². The number of amides is 2. The Labute approximate surface area is 157 Å². The smallest absolute Gasteiger partial charge is 0.270 e. The standard InChI is InChI=1S/C20H23N5O2/c1-12(22-13(2)26)9-16-15-5-3-4-6-18(15)23-19(16)20(27)25-8-7-17-14(11-25)10-21-24-17/h3-6,10,12,23H,7-9,11H2,1-2H3,(H,21,24)(H,22,26)/t12-/m1/s1. The first-order valence-electron chi connectivity index (χ1n) is 9.20. The molecule has 4 rings (SSSR count). The Kier molecular flexibility index (Phi) is 4.43. The fourth-order valence-corrected chi connectivity index (χ4v) is 3.85. The van der Waals surface area contributed by atoms with Crippen LogP contribution in [-0.4, -0.2) is 44.5 Å². The summed E-state index contributed by atoms with van der Waals surface area (Å²) in [5.74, 6) is -0.0817. The van der Waals surface area contributed by atoms with Crippen LogP contribution in [0.5, 0.6) is 0 Å². The van der Waals surface area contributed by atoms with E-state index in [0.717, 1.165) is 34.1 Å². The molecule has 2 amide bonds. The van der Waals surface area contributed by atoms with Crippen LogP contribution in [0.2, 0.25) is 0 Å². The van der Waals surface area contributed by atoms with Gasteiger partial charge in [0, 0.05) is 54.6 Å². The highest BCUT2D eigenvalue weighted by Crippen LogP contribution is 2.26. The van der Waals surface area contributed by atoms with Crippen molar-refractivity contribution in [1.82, 2.24) is 25.4 Å². The van der Waals surface area contributed by atoms with E-state index in [9.17, 15) is 9.59 Å². The summed E-state index contributed by atoms with van der Waals surface area (Å²) >= 11 is 0. The summed E-state index contributed by atoms with van der Waals surface area (Å²) in [5.41, 5.74) is 4.68. The summed E-state index contributed by atoms with van der Waals surface area (Å²) < 4.78 is 0. The summed E-state index contributed by atoms with van der Waals surface area (Å²) in [4.78, 5) is 29.9. The van der Waals surface area contributed by atoms with E-state index >= 15 is 0 Å². The Bertz CT molecular complexity index is 1000. The number of hydrogen-bond donors (Lipinski definition) is 3. The van der Waals surface area contributed by atoms with Gasteiger partial charge in [0.2, 0.25) is 5.91 Å². The molecular formula is C20H23N5O2. The van der Waals surface area contributed by atoms with Crippen LogP contribution in [0.4, 0.5) is 0 Å². The lowest BCUT2D eigenvalue weighted by atomic mass is 10.0. The number of benzene rings is 1. The number of rotatable bonds is 4. The van der Waals surface area contributed by atoms with Crippen molar-refractivity contribution < 1.29 is 9.59 Å². The maximum atomic E-state index is 13.3. The Hall–Kier alpha value is -3.09. The topological polar surface area (TPSA) is 93.9 Å². The number of nitrogens with one attached hydrogen (secondary N) is 3. The fourth-order valence-electron chi connectivity index (χ4n) is 3.85. The van der Waals surface area contributed by atoms with Crippen LogP contribution in [0.3, 0.4) is 0 Å². The third-order valence-corrected chi connectivity index (χ3v) is 5.08. The molecule has 3 N–H and O–H groups in total. The number of fused-ring (bicyclic) bond motifs is 2. The van der Waals surface area contributed by atoms with Crippen LogP contribution >= 0.6 is 0 Å². The second kappa shape index (κ2) is 6.90. The van der Waals surface area contributed by atoms with Crippen molar-refractivity contribution in [1.29, 1.82) is 0 Å². The molecule has 1 aliphatic heterocycles. The third kappa shape index (κ3) is 3.32. The molecule has 3 heterocycles. The quantitative estimate of drug-likeness (QED) is 0.661. The predicted octanol–water partition coefficient (Wildman–Crippen LogP) is 2.16. The molecule has 0 bridgehead atoms. The molecule has 2 aromatic heterocycles. The molecule has 0 saturated heterocycles. The van der Waals surface area contributed by atoms with Crippen molar-refractivity contribution in [3.8, 4) is 0 Å². The molecule has 140 valence electrons. The van der Waals surface area contributed by atoms with Gasteiger partial charge in [0.1, 0.15) is 5.69 Å². The summed E-state index contributed by atoms with van der Waals surface area (Å²) in [5, 5.41) is 11.0. The van der Waals surface area contributed by atoms with Gasteiger partial charge < -0.3 is 15.2 Å². The van der Waals surface area contributed by atoms with Crippen molar-refractivity contribution in [2.45, 2.75) is 39.3 Å².